The van der Waals surface area contributed by atoms with Crippen LogP contribution in [0.25, 0.3) is 0 Å². The normalized spacial score (nSPS) is 24.8. The molecule has 0 unspecified atom stereocenters. The zero-order chi connectivity index (χ0) is 13.0. The van der Waals surface area contributed by atoms with Crippen LogP contribution in [-0.2, 0) is 11.2 Å². The highest BCUT2D eigenvalue weighted by Crippen LogP contribution is 2.20. The number of nitrogens with zero attached hydrogens (tertiary/aromatic N) is 1. The quantitative estimate of drug-likeness (QED) is 0.889. The highest BCUT2D eigenvalue weighted by molar-refractivity contribution is 5.78. The minimum absolute atomic E-state index is 0.0850. The van der Waals surface area contributed by atoms with Crippen LogP contribution in [0.5, 0.6) is 0 Å². The van der Waals surface area contributed by atoms with E-state index in [0.717, 1.165) is 18.4 Å². The Labute approximate surface area is 109 Å². The Morgan fingerprint density at radius 2 is 1.83 bits per heavy atom. The number of hydrogen-bond donors (Lipinski definition) is 1. The maximum Gasteiger partial charge on any atom is 0.238 e. The first-order valence-corrected chi connectivity index (χ1v) is 6.78. The number of hydrogen-bond acceptors (Lipinski definition) is 2. The number of benzene rings is 1. The number of nitrogens with one attached hydrogen (secondary N) is 1. The summed E-state index contributed by atoms with van der Waals surface area (Å²) in [6.07, 6.45) is 4.04. The third-order valence-corrected chi connectivity index (χ3v) is 3.65. The van der Waals surface area contributed by atoms with Gasteiger partial charge in [0.05, 0.1) is 6.42 Å². The fourth-order valence-corrected chi connectivity index (χ4v) is 2.61. The minimum atomic E-state index is 0.0850. The summed E-state index contributed by atoms with van der Waals surface area (Å²) >= 11 is 0. The third kappa shape index (κ3) is 3.33. The molecule has 1 fully saturated rings. The number of rotatable bonds is 3. The molecule has 2 atom stereocenters. The molecule has 1 aliphatic rings. The molecule has 3 heteroatoms. The molecule has 1 aromatic rings. The minimum Gasteiger partial charge on any atom is -0.288 e. The van der Waals surface area contributed by atoms with Crippen LogP contribution < -0.4 is 5.43 Å². The molecular weight excluding hydrogens is 224 g/mol. The van der Waals surface area contributed by atoms with Crippen molar-refractivity contribution in [3.05, 3.63) is 35.9 Å². The van der Waals surface area contributed by atoms with Crippen LogP contribution in [0.3, 0.4) is 0 Å². The molecule has 0 aromatic heterocycles. The van der Waals surface area contributed by atoms with Crippen molar-refractivity contribution < 1.29 is 4.79 Å². The summed E-state index contributed by atoms with van der Waals surface area (Å²) in [6, 6.07) is 10.8. The molecule has 0 saturated carbocycles. The summed E-state index contributed by atoms with van der Waals surface area (Å²) in [7, 11) is 0. The van der Waals surface area contributed by atoms with E-state index in [4.69, 9.17) is 0 Å². The molecule has 1 N–H and O–H groups in total. The van der Waals surface area contributed by atoms with Gasteiger partial charge in [-0.3, -0.25) is 10.2 Å². The predicted octanol–water partition coefficient (Wildman–Crippen LogP) is 2.52. The molecule has 1 heterocycles. The lowest BCUT2D eigenvalue weighted by molar-refractivity contribution is -0.128. The Balaban J connectivity index is 1.90. The topological polar surface area (TPSA) is 32.3 Å². The second-order valence-electron chi connectivity index (χ2n) is 5.23. The summed E-state index contributed by atoms with van der Waals surface area (Å²) in [5.74, 6) is 0.0850. The van der Waals surface area contributed by atoms with Crippen LogP contribution in [0, 0.1) is 0 Å². The molecule has 1 aromatic carbocycles. The lowest BCUT2D eigenvalue weighted by Crippen LogP contribution is -2.54. The standard InChI is InChI=1S/C15H22N2O/c1-12-7-6-8-13(2)17(12)16-15(18)11-14-9-4-3-5-10-14/h3-5,9-10,12-13H,6-8,11H2,1-2H3,(H,16,18)/t12-,13-/m1/s1. The number of carbonyl (C=O) groups is 1. The smallest absolute Gasteiger partial charge is 0.238 e. The lowest BCUT2D eigenvalue weighted by Gasteiger charge is -2.38. The molecule has 0 aliphatic carbocycles. The van der Waals surface area contributed by atoms with Crippen molar-refractivity contribution in [2.24, 2.45) is 0 Å². The number of carbonyl (C=O) groups excluding carboxylic acids is 1. The summed E-state index contributed by atoms with van der Waals surface area (Å²) in [5.41, 5.74) is 4.12. The van der Waals surface area contributed by atoms with Crippen LogP contribution >= 0.6 is 0 Å². The third-order valence-electron chi connectivity index (χ3n) is 3.65. The zero-order valence-corrected chi connectivity index (χ0v) is 11.2. The number of amides is 1. The highest BCUT2D eigenvalue weighted by Gasteiger charge is 2.25. The summed E-state index contributed by atoms with van der Waals surface area (Å²) in [5, 5.41) is 2.12. The van der Waals surface area contributed by atoms with Crippen molar-refractivity contribution in [2.75, 3.05) is 0 Å². The maximum atomic E-state index is 12.0. The van der Waals surface area contributed by atoms with E-state index in [1.165, 1.54) is 6.42 Å². The number of piperidine rings is 1. The SMILES string of the molecule is C[C@@H]1CCC[C@@H](C)N1NC(=O)Cc1ccccc1. The van der Waals surface area contributed by atoms with Crippen molar-refractivity contribution in [1.82, 2.24) is 10.4 Å². The van der Waals surface area contributed by atoms with Crippen LogP contribution in [-0.4, -0.2) is 23.0 Å². The first-order chi connectivity index (χ1) is 8.66. The van der Waals surface area contributed by atoms with Gasteiger partial charge in [0.15, 0.2) is 0 Å². The van der Waals surface area contributed by atoms with Crippen LogP contribution in [0.4, 0.5) is 0 Å². The second-order valence-corrected chi connectivity index (χ2v) is 5.23. The van der Waals surface area contributed by atoms with Gasteiger partial charge in [-0.15, -0.1) is 0 Å². The van der Waals surface area contributed by atoms with Crippen LogP contribution in [0.2, 0.25) is 0 Å². The van der Waals surface area contributed by atoms with E-state index in [2.05, 4.69) is 24.3 Å². The van der Waals surface area contributed by atoms with Gasteiger partial charge in [0, 0.05) is 12.1 Å². The first-order valence-electron chi connectivity index (χ1n) is 6.78. The van der Waals surface area contributed by atoms with Gasteiger partial charge in [0.1, 0.15) is 0 Å². The van der Waals surface area contributed by atoms with E-state index < -0.39 is 0 Å². The highest BCUT2D eigenvalue weighted by atomic mass is 16.2. The van der Waals surface area contributed by atoms with Gasteiger partial charge in [-0.05, 0) is 32.3 Å². The Kier molecular flexibility index (Phi) is 4.37. The van der Waals surface area contributed by atoms with Gasteiger partial charge in [-0.2, -0.15) is 0 Å². The molecule has 1 aliphatic heterocycles. The summed E-state index contributed by atoms with van der Waals surface area (Å²) in [4.78, 5) is 12.0. The van der Waals surface area contributed by atoms with E-state index in [-0.39, 0.29) is 5.91 Å². The Bertz CT molecular complexity index is 381. The summed E-state index contributed by atoms with van der Waals surface area (Å²) < 4.78 is 0. The van der Waals surface area contributed by atoms with Crippen molar-refractivity contribution in [3.8, 4) is 0 Å². The second kappa shape index (κ2) is 6.01. The Morgan fingerprint density at radius 1 is 1.22 bits per heavy atom. The van der Waals surface area contributed by atoms with Gasteiger partial charge < -0.3 is 0 Å². The summed E-state index contributed by atoms with van der Waals surface area (Å²) in [6.45, 7) is 4.36. The molecular formula is C15H22N2O. The largest absolute Gasteiger partial charge is 0.288 e. The molecule has 2 rings (SSSR count). The predicted molar refractivity (Wildman–Crippen MR) is 72.9 cm³/mol. The van der Waals surface area contributed by atoms with Gasteiger partial charge in [-0.1, -0.05) is 36.8 Å². The van der Waals surface area contributed by atoms with Crippen molar-refractivity contribution in [2.45, 2.75) is 51.6 Å². The molecule has 1 saturated heterocycles. The van der Waals surface area contributed by atoms with E-state index >= 15 is 0 Å². The molecule has 3 nitrogen and oxygen atoms in total. The van der Waals surface area contributed by atoms with Gasteiger partial charge in [-0.25, -0.2) is 5.01 Å². The molecule has 0 bridgehead atoms. The van der Waals surface area contributed by atoms with Gasteiger partial charge in [0.2, 0.25) is 5.91 Å². The van der Waals surface area contributed by atoms with E-state index in [1.807, 2.05) is 30.3 Å². The van der Waals surface area contributed by atoms with Gasteiger partial charge in [0.25, 0.3) is 0 Å². The fraction of sp³-hybridized carbons (Fsp3) is 0.533. The van der Waals surface area contributed by atoms with E-state index in [1.54, 1.807) is 0 Å². The zero-order valence-electron chi connectivity index (χ0n) is 11.2. The first kappa shape index (κ1) is 13.1. The van der Waals surface area contributed by atoms with E-state index in [9.17, 15) is 4.79 Å². The molecule has 1 amide bonds. The number of hydrazine groups is 1. The van der Waals surface area contributed by atoms with Crippen molar-refractivity contribution >= 4 is 5.91 Å². The average molecular weight is 246 g/mol. The average Bonchev–Trinajstić information content (AvgIpc) is 2.35. The molecule has 0 radical (unpaired) electrons. The molecule has 18 heavy (non-hydrogen) atoms. The van der Waals surface area contributed by atoms with Gasteiger partial charge >= 0.3 is 0 Å². The monoisotopic (exact) mass is 246 g/mol. The maximum absolute atomic E-state index is 12.0. The van der Waals surface area contributed by atoms with Crippen LogP contribution in [0.15, 0.2) is 30.3 Å². The Hall–Kier alpha value is -1.35. The lowest BCUT2D eigenvalue weighted by atomic mass is 10.00. The fourth-order valence-electron chi connectivity index (χ4n) is 2.61. The van der Waals surface area contributed by atoms with Crippen molar-refractivity contribution in [1.29, 1.82) is 0 Å². The molecule has 0 spiro atoms. The van der Waals surface area contributed by atoms with E-state index in [0.29, 0.717) is 18.5 Å². The molecule has 98 valence electrons. The van der Waals surface area contributed by atoms with Crippen LogP contribution in [0.1, 0.15) is 38.7 Å². The Morgan fingerprint density at radius 3 is 2.44 bits per heavy atom. The van der Waals surface area contributed by atoms with Crippen molar-refractivity contribution in [3.63, 3.8) is 0 Å².